The van der Waals surface area contributed by atoms with Crippen LogP contribution < -0.4 is 0 Å². The molecule has 2 unspecified atom stereocenters. The van der Waals surface area contributed by atoms with Gasteiger partial charge in [0.05, 0.1) is 0 Å². The summed E-state index contributed by atoms with van der Waals surface area (Å²) < 4.78 is 0. The average molecular weight is 852 g/mol. The van der Waals surface area contributed by atoms with Crippen LogP contribution in [0, 0.1) is 16.2 Å². The molecule has 4 bridgehead atoms. The van der Waals surface area contributed by atoms with E-state index in [2.05, 4.69) is 176 Å². The zero-order valence-electron chi connectivity index (χ0n) is 26.5. The van der Waals surface area contributed by atoms with Crippen molar-refractivity contribution in [2.45, 2.75) is 27.7 Å². The van der Waals surface area contributed by atoms with Gasteiger partial charge in [-0.05, 0) is 94.0 Å². The maximum absolute atomic E-state index is 3.15. The summed E-state index contributed by atoms with van der Waals surface area (Å²) in [5.41, 5.74) is 12.5. The van der Waals surface area contributed by atoms with Crippen molar-refractivity contribution in [1.29, 1.82) is 0 Å². The number of hydrogen-bond donors (Lipinski definition) is 0. The molecule has 1 aliphatic carbocycles. The van der Waals surface area contributed by atoms with E-state index in [9.17, 15) is 0 Å². The summed E-state index contributed by atoms with van der Waals surface area (Å²) in [7, 11) is -0.893. The zero-order chi connectivity index (χ0) is 31.8. The number of hydrogen-bond acceptors (Lipinski definition) is 0. The van der Waals surface area contributed by atoms with E-state index in [-0.39, 0.29) is 16.2 Å². The van der Waals surface area contributed by atoms with E-state index in [0.29, 0.717) is 13.2 Å². The van der Waals surface area contributed by atoms with Gasteiger partial charge in [-0.15, -0.1) is 0 Å². The number of allylic oxidation sites excluding steroid dienone is 6. The van der Waals surface area contributed by atoms with Crippen LogP contribution in [0.5, 0.6) is 0 Å². The monoisotopic (exact) mass is 850 g/mol. The molecule has 4 aromatic rings. The third kappa shape index (κ3) is 4.38. The van der Waals surface area contributed by atoms with Gasteiger partial charge in [-0.2, -0.15) is 0 Å². The summed E-state index contributed by atoms with van der Waals surface area (Å²) in [6, 6.07) is 45.5. The van der Waals surface area contributed by atoms with Crippen molar-refractivity contribution in [1.82, 2.24) is 0 Å². The Morgan fingerprint density at radius 2 is 0.739 bits per heavy atom. The van der Waals surface area contributed by atoms with Gasteiger partial charge in [0.2, 0.25) is 0 Å². The van der Waals surface area contributed by atoms with Crippen LogP contribution in [-0.2, 0) is 13.2 Å². The first-order valence-electron chi connectivity index (χ1n) is 15.9. The molecular weight excluding hydrogens is 815 g/mol. The second-order valence-electron chi connectivity index (χ2n) is 13.9. The normalized spacial score (nSPS) is 28.2. The van der Waals surface area contributed by atoms with Crippen molar-refractivity contribution >= 4 is 64.9 Å². The Morgan fingerprint density at radius 3 is 1.04 bits per heavy atom. The van der Waals surface area contributed by atoms with Crippen molar-refractivity contribution in [3.63, 3.8) is 0 Å². The fraction of sp³-hybridized carbons (Fsp3) is 0.220. The molecule has 0 saturated heterocycles. The van der Waals surface area contributed by atoms with Crippen LogP contribution in [0.2, 0.25) is 0 Å². The molecule has 9 rings (SSSR count). The summed E-state index contributed by atoms with van der Waals surface area (Å²) in [6.07, 6.45) is 2.52. The van der Waals surface area contributed by atoms with E-state index in [1.54, 1.807) is 43.5 Å². The predicted octanol–water partition coefficient (Wildman–Crippen LogP) is 13.4. The molecule has 0 N–H and O–H groups in total. The van der Waals surface area contributed by atoms with Gasteiger partial charge in [0.1, 0.15) is 0 Å². The molecule has 232 valence electrons. The second kappa shape index (κ2) is 11.7. The maximum atomic E-state index is 3.15. The van der Waals surface area contributed by atoms with Crippen molar-refractivity contribution in [3.8, 4) is 0 Å². The molecule has 0 radical (unpaired) electrons. The van der Waals surface area contributed by atoms with Gasteiger partial charge in [-0.1, -0.05) is 149 Å². The second-order valence-corrected chi connectivity index (χ2v) is 26.0. The summed E-state index contributed by atoms with van der Waals surface area (Å²) in [6.45, 7) is 10.4. The molecule has 0 aromatic heterocycles. The van der Waals surface area contributed by atoms with Crippen LogP contribution in [0.25, 0.3) is 21.8 Å². The molecule has 0 spiro atoms. The summed E-state index contributed by atoms with van der Waals surface area (Å²) >= 11 is 6.64. The van der Waals surface area contributed by atoms with E-state index < -0.39 is 15.8 Å². The van der Waals surface area contributed by atoms with Gasteiger partial charge in [0.15, 0.2) is 0 Å². The fourth-order valence-corrected chi connectivity index (χ4v) is 18.1. The van der Waals surface area contributed by atoms with Gasteiger partial charge in [0, 0.05) is 16.2 Å². The van der Waals surface area contributed by atoms with Crippen LogP contribution in [0.3, 0.4) is 0 Å². The summed E-state index contributed by atoms with van der Waals surface area (Å²) in [5, 5.41) is 6.88. The van der Waals surface area contributed by atoms with E-state index in [1.165, 1.54) is 34.6 Å². The number of benzene rings is 4. The van der Waals surface area contributed by atoms with Crippen molar-refractivity contribution in [3.05, 3.63) is 165 Å². The summed E-state index contributed by atoms with van der Waals surface area (Å²) in [4.78, 5) is 0. The minimum atomic E-state index is -0.446. The standard InChI is InChI=1S/C41H36P2.2BrH.Ru/c1-39(2)37-35(42-25-40(37,3)31(27-17-9-5-10-18-27)33(42)29-21-13-7-14-22-29)36-38(39)41(4)26-43(36)34(30-23-15-8-16-24-30)32(41)28-19-11-6-12-20-28;;;/h5-24H,25-26H2,1-4H3;2*1H;/q;;;+2/p-2/t40-,41-,42?,43?;;;/m0.../s1. The molecule has 5 heteroatoms. The quantitative estimate of drug-likeness (QED) is 0.142. The van der Waals surface area contributed by atoms with Gasteiger partial charge in [-0.25, -0.2) is 0 Å². The molecule has 4 atom stereocenters. The van der Waals surface area contributed by atoms with Crippen LogP contribution in [0.1, 0.15) is 49.9 Å². The van der Waals surface area contributed by atoms with Gasteiger partial charge in [0.25, 0.3) is 0 Å². The first-order chi connectivity index (χ1) is 22.3. The average Bonchev–Trinajstić information content (AvgIpc) is 3.82. The van der Waals surface area contributed by atoms with Crippen molar-refractivity contribution < 1.29 is 13.2 Å². The first-order valence-corrected chi connectivity index (χ1v) is 26.9. The molecule has 0 fully saturated rings. The van der Waals surface area contributed by atoms with E-state index in [4.69, 9.17) is 0 Å². The van der Waals surface area contributed by atoms with Crippen molar-refractivity contribution in [2.75, 3.05) is 12.3 Å². The Kier molecular flexibility index (Phi) is 8.03. The number of fused-ring (bicyclic) bond motifs is 9. The topological polar surface area (TPSA) is 0 Å². The van der Waals surface area contributed by atoms with E-state index >= 15 is 0 Å². The van der Waals surface area contributed by atoms with Gasteiger partial charge in [-0.3, -0.25) is 0 Å². The molecule has 0 amide bonds. The molecule has 0 nitrogen and oxygen atoms in total. The molecule has 4 heterocycles. The van der Waals surface area contributed by atoms with Gasteiger partial charge >= 0.3 is 40.5 Å². The zero-order valence-corrected chi connectivity index (χ0v) is 33.2. The van der Waals surface area contributed by atoms with Crippen LogP contribution in [0.4, 0.5) is 0 Å². The van der Waals surface area contributed by atoms with Gasteiger partial charge < -0.3 is 0 Å². The minimum absolute atomic E-state index is 0.0346. The van der Waals surface area contributed by atoms with Crippen LogP contribution >= 0.6 is 43.1 Å². The molecular formula is C41H36Br2P2Ru. The van der Waals surface area contributed by atoms with Crippen molar-refractivity contribution in [2.24, 2.45) is 16.2 Å². The Hall–Kier alpha value is -1.72. The third-order valence-corrected chi connectivity index (χ3v) is 17.0. The van der Waals surface area contributed by atoms with E-state index in [0.717, 1.165) is 0 Å². The van der Waals surface area contributed by atoms with Crippen LogP contribution in [-0.4, -0.2) is 12.3 Å². The molecule has 4 aromatic carbocycles. The Labute approximate surface area is 297 Å². The SMILES string of the molecule is CC1(C)C2=C(C3=C1[C@@]1(C)CP3C(c3ccccc3)=C1c1ccccc1)P1C[C@@]2(C)C(c2ccccc2)=C1c1ccccc1.[Br][Ru][Br]. The number of rotatable bonds is 4. The predicted molar refractivity (Wildman–Crippen MR) is 205 cm³/mol. The summed E-state index contributed by atoms with van der Waals surface area (Å²) in [5.74, 6) is 0. The Morgan fingerprint density at radius 1 is 0.457 bits per heavy atom. The fourth-order valence-electron chi connectivity index (χ4n) is 9.83. The number of halogens is 2. The first kappa shape index (κ1) is 31.5. The molecule has 0 saturated carbocycles. The van der Waals surface area contributed by atoms with Crippen LogP contribution in [0.15, 0.2) is 143 Å². The molecule has 4 aliphatic heterocycles. The molecule has 46 heavy (non-hydrogen) atoms. The molecule has 5 aliphatic rings. The van der Waals surface area contributed by atoms with E-state index in [1.807, 2.05) is 0 Å². The Bertz CT molecular complexity index is 1840. The Balaban J connectivity index is 0.00000100. The third-order valence-electron chi connectivity index (χ3n) is 10.9.